The zero-order valence-corrected chi connectivity index (χ0v) is 13.2. The molecule has 0 N–H and O–H groups in total. The third-order valence-electron chi connectivity index (χ3n) is 2.69. The summed E-state index contributed by atoms with van der Waals surface area (Å²) in [6, 6.07) is 7.94. The summed E-state index contributed by atoms with van der Waals surface area (Å²) in [5.41, 5.74) is 1.97. The Kier molecular flexibility index (Phi) is 4.29. The molecule has 20 heavy (non-hydrogen) atoms. The van der Waals surface area contributed by atoms with Crippen LogP contribution >= 0.6 is 11.3 Å². The summed E-state index contributed by atoms with van der Waals surface area (Å²) in [7, 11) is 9.81. The molecular weight excluding hydrogens is 272 g/mol. The van der Waals surface area contributed by atoms with Crippen molar-refractivity contribution in [2.75, 3.05) is 38.0 Å². The van der Waals surface area contributed by atoms with Gasteiger partial charge in [-0.05, 0) is 40.7 Å². The van der Waals surface area contributed by atoms with Crippen LogP contribution in [-0.2, 0) is 7.05 Å². The minimum Gasteiger partial charge on any atom is -0.378 e. The largest absolute Gasteiger partial charge is 0.431 e. The van der Waals surface area contributed by atoms with Gasteiger partial charge in [-0.2, -0.15) is 0 Å². The van der Waals surface area contributed by atoms with E-state index < -0.39 is 0 Å². The van der Waals surface area contributed by atoms with Gasteiger partial charge in [-0.1, -0.05) is 5.10 Å². The summed E-state index contributed by atoms with van der Waals surface area (Å²) in [6.45, 7) is 0. The number of aryl methyl sites for hydroxylation is 1. The minimum absolute atomic E-state index is 0.769. The van der Waals surface area contributed by atoms with Crippen LogP contribution < -0.4 is 14.5 Å². The second-order valence-corrected chi connectivity index (χ2v) is 5.73. The standard InChI is InChI=1S/C13H19N6S/c1-17(2)11-8-6-10(7-9-11)14-15-12-19(5)16-13(20-12)18(3)4/h6-9H,1-5H3/q+1. The molecule has 106 valence electrons. The highest BCUT2D eigenvalue weighted by Crippen LogP contribution is 2.25. The topological polar surface area (TPSA) is 48.0 Å². The third kappa shape index (κ3) is 3.30. The smallest absolute Gasteiger partial charge is 0.378 e. The number of aromatic nitrogens is 2. The molecule has 0 bridgehead atoms. The number of azo groups is 1. The Morgan fingerprint density at radius 2 is 1.65 bits per heavy atom. The van der Waals surface area contributed by atoms with Crippen LogP contribution in [0, 0.1) is 0 Å². The molecule has 0 unspecified atom stereocenters. The summed E-state index contributed by atoms with van der Waals surface area (Å²) in [4.78, 5) is 4.00. The summed E-state index contributed by atoms with van der Waals surface area (Å²) in [6.07, 6.45) is 0. The maximum atomic E-state index is 4.36. The molecular formula is C13H19N6S+. The van der Waals surface area contributed by atoms with Gasteiger partial charge in [0, 0.05) is 33.9 Å². The zero-order valence-electron chi connectivity index (χ0n) is 12.4. The van der Waals surface area contributed by atoms with Gasteiger partial charge in [0.1, 0.15) is 12.7 Å². The van der Waals surface area contributed by atoms with Crippen molar-refractivity contribution in [1.29, 1.82) is 0 Å². The molecule has 0 spiro atoms. The highest BCUT2D eigenvalue weighted by Gasteiger charge is 2.16. The van der Waals surface area contributed by atoms with E-state index in [0.29, 0.717) is 0 Å². The van der Waals surface area contributed by atoms with Crippen LogP contribution in [0.3, 0.4) is 0 Å². The van der Waals surface area contributed by atoms with Crippen LogP contribution in [0.5, 0.6) is 0 Å². The molecule has 0 aliphatic carbocycles. The van der Waals surface area contributed by atoms with Gasteiger partial charge in [0.05, 0.1) is 5.11 Å². The van der Waals surface area contributed by atoms with Crippen molar-refractivity contribution in [3.63, 3.8) is 0 Å². The van der Waals surface area contributed by atoms with Crippen molar-refractivity contribution >= 4 is 33.0 Å². The van der Waals surface area contributed by atoms with Gasteiger partial charge in [0.15, 0.2) is 0 Å². The molecule has 2 aromatic rings. The maximum Gasteiger partial charge on any atom is 0.431 e. The van der Waals surface area contributed by atoms with Crippen molar-refractivity contribution in [2.45, 2.75) is 0 Å². The van der Waals surface area contributed by atoms with E-state index in [1.807, 2.05) is 69.3 Å². The van der Waals surface area contributed by atoms with Crippen LogP contribution in [-0.4, -0.2) is 33.3 Å². The predicted octanol–water partition coefficient (Wildman–Crippen LogP) is 2.52. The SMILES string of the molecule is CN(C)c1ccc(N=Nc2sc(N(C)C)n[n+]2C)cc1. The fourth-order valence-electron chi connectivity index (χ4n) is 1.52. The molecule has 1 aromatic carbocycles. The Bertz CT molecular complexity index is 600. The first-order valence-electron chi connectivity index (χ1n) is 6.21. The van der Waals surface area contributed by atoms with Crippen molar-refractivity contribution in [2.24, 2.45) is 17.3 Å². The quantitative estimate of drug-likeness (QED) is 0.642. The van der Waals surface area contributed by atoms with Crippen molar-refractivity contribution in [3.05, 3.63) is 24.3 Å². The lowest BCUT2D eigenvalue weighted by Gasteiger charge is -2.11. The Morgan fingerprint density at radius 3 is 2.15 bits per heavy atom. The van der Waals surface area contributed by atoms with Crippen LogP contribution in [0.2, 0.25) is 0 Å². The van der Waals surface area contributed by atoms with Crippen LogP contribution in [0.4, 0.5) is 21.6 Å². The third-order valence-corrected chi connectivity index (χ3v) is 3.85. The van der Waals surface area contributed by atoms with Gasteiger partial charge < -0.3 is 9.80 Å². The first kappa shape index (κ1) is 14.4. The van der Waals surface area contributed by atoms with Crippen LogP contribution in [0.15, 0.2) is 34.5 Å². The van der Waals surface area contributed by atoms with E-state index in [0.717, 1.165) is 21.6 Å². The number of hydrogen-bond acceptors (Lipinski definition) is 6. The molecule has 1 aromatic heterocycles. The van der Waals surface area contributed by atoms with Gasteiger partial charge in [0.25, 0.3) is 0 Å². The van der Waals surface area contributed by atoms with E-state index in [9.17, 15) is 0 Å². The van der Waals surface area contributed by atoms with Gasteiger partial charge in [-0.25, -0.2) is 0 Å². The average molecular weight is 291 g/mol. The Labute approximate surface area is 123 Å². The lowest BCUT2D eigenvalue weighted by atomic mass is 10.3. The number of anilines is 2. The Morgan fingerprint density at radius 1 is 1.00 bits per heavy atom. The Balaban J connectivity index is 2.16. The second-order valence-electron chi connectivity index (χ2n) is 4.80. The molecule has 0 atom stereocenters. The highest BCUT2D eigenvalue weighted by atomic mass is 32.1. The molecule has 0 aliphatic rings. The molecule has 0 radical (unpaired) electrons. The first-order valence-corrected chi connectivity index (χ1v) is 7.02. The van der Waals surface area contributed by atoms with Gasteiger partial charge >= 0.3 is 5.13 Å². The normalized spacial score (nSPS) is 11.1. The van der Waals surface area contributed by atoms with E-state index in [1.165, 1.54) is 11.3 Å². The van der Waals surface area contributed by atoms with Crippen molar-refractivity contribution < 1.29 is 4.68 Å². The molecule has 0 amide bonds. The molecule has 6 nitrogen and oxygen atoms in total. The Hall–Kier alpha value is -2.02. The van der Waals surface area contributed by atoms with Crippen LogP contribution in [0.25, 0.3) is 0 Å². The number of nitrogens with zero attached hydrogens (tertiary/aromatic N) is 6. The minimum atomic E-state index is 0.769. The highest BCUT2D eigenvalue weighted by molar-refractivity contribution is 7.18. The first-order chi connectivity index (χ1) is 9.47. The molecule has 0 saturated carbocycles. The second kappa shape index (κ2) is 5.96. The summed E-state index contributed by atoms with van der Waals surface area (Å²) in [5, 5.41) is 14.5. The number of benzene rings is 1. The van der Waals surface area contributed by atoms with Crippen LogP contribution in [0.1, 0.15) is 0 Å². The summed E-state index contributed by atoms with van der Waals surface area (Å²) in [5.74, 6) is 0. The lowest BCUT2D eigenvalue weighted by Crippen LogP contribution is -2.30. The lowest BCUT2D eigenvalue weighted by molar-refractivity contribution is -0.712. The van der Waals surface area contributed by atoms with Gasteiger partial charge in [0.2, 0.25) is 5.13 Å². The predicted molar refractivity (Wildman–Crippen MR) is 82.6 cm³/mol. The van der Waals surface area contributed by atoms with Crippen molar-refractivity contribution in [3.8, 4) is 0 Å². The molecule has 7 heteroatoms. The van der Waals surface area contributed by atoms with E-state index >= 15 is 0 Å². The molecule has 2 rings (SSSR count). The fourth-order valence-corrected chi connectivity index (χ4v) is 2.29. The monoisotopic (exact) mass is 291 g/mol. The molecule has 0 fully saturated rings. The zero-order chi connectivity index (χ0) is 14.7. The van der Waals surface area contributed by atoms with E-state index in [4.69, 9.17) is 0 Å². The van der Waals surface area contributed by atoms with Gasteiger partial charge in [-0.3, -0.25) is 0 Å². The summed E-state index contributed by atoms with van der Waals surface area (Å²) < 4.78 is 1.73. The number of rotatable bonds is 4. The van der Waals surface area contributed by atoms with E-state index in [1.54, 1.807) is 4.68 Å². The van der Waals surface area contributed by atoms with Gasteiger partial charge in [-0.15, -0.1) is 4.68 Å². The fraction of sp³-hybridized carbons (Fsp3) is 0.385. The molecule has 0 aliphatic heterocycles. The maximum absolute atomic E-state index is 4.36. The average Bonchev–Trinajstić information content (AvgIpc) is 2.78. The van der Waals surface area contributed by atoms with Crippen molar-refractivity contribution in [1.82, 2.24) is 5.10 Å². The molecule has 1 heterocycles. The van der Waals surface area contributed by atoms with E-state index in [-0.39, 0.29) is 0 Å². The molecule has 0 saturated heterocycles. The van der Waals surface area contributed by atoms with E-state index in [2.05, 4.69) is 15.3 Å². The number of hydrogen-bond donors (Lipinski definition) is 0. The summed E-state index contributed by atoms with van der Waals surface area (Å²) >= 11 is 1.50.